The lowest BCUT2D eigenvalue weighted by atomic mass is 9.77. The molecule has 2 aromatic rings. The SMILES string of the molecule is CCC1CC(C)(CC)Nc2ccc(Oc3ccc4c(c3)C(CC)CC(C)(CC)N4)cc21. The highest BCUT2D eigenvalue weighted by atomic mass is 16.5. The van der Waals surface area contributed by atoms with Crippen LogP contribution in [0, 0.1) is 0 Å². The van der Waals surface area contributed by atoms with Crippen LogP contribution in [-0.2, 0) is 0 Å². The normalized spacial score (nSPS) is 29.4. The maximum absolute atomic E-state index is 6.40. The molecular formula is C28H40N2O. The first-order valence-electron chi connectivity index (χ1n) is 12.3. The molecular weight excluding hydrogens is 380 g/mol. The van der Waals surface area contributed by atoms with E-state index in [2.05, 4.69) is 88.6 Å². The highest BCUT2D eigenvalue weighted by Gasteiger charge is 2.34. The number of hydrogen-bond donors (Lipinski definition) is 2. The molecule has 2 aliphatic rings. The van der Waals surface area contributed by atoms with Gasteiger partial charge in [0.25, 0.3) is 0 Å². The van der Waals surface area contributed by atoms with Crippen LogP contribution in [-0.4, -0.2) is 11.1 Å². The van der Waals surface area contributed by atoms with E-state index in [0.29, 0.717) is 11.8 Å². The van der Waals surface area contributed by atoms with Crippen molar-refractivity contribution in [2.75, 3.05) is 10.6 Å². The molecule has 0 radical (unpaired) electrons. The molecule has 0 saturated carbocycles. The summed E-state index contributed by atoms with van der Waals surface area (Å²) in [6.45, 7) is 13.8. The standard InChI is InChI=1S/C28H40N2O/c1-7-19-17-27(5,9-3)29-25-13-11-21(15-23(19)25)31-22-12-14-26-24(16-22)20(8-2)18-28(6,10-4)30-26/h11-16,19-20,29-30H,7-10,17-18H2,1-6H3. The van der Waals surface area contributed by atoms with E-state index in [0.717, 1.165) is 37.2 Å². The fourth-order valence-corrected chi connectivity index (χ4v) is 5.50. The lowest BCUT2D eigenvalue weighted by Gasteiger charge is -2.41. The van der Waals surface area contributed by atoms with Crippen molar-refractivity contribution in [1.82, 2.24) is 0 Å². The Morgan fingerprint density at radius 1 is 0.742 bits per heavy atom. The minimum Gasteiger partial charge on any atom is -0.457 e. The van der Waals surface area contributed by atoms with Gasteiger partial charge in [0.05, 0.1) is 0 Å². The van der Waals surface area contributed by atoms with Crippen LogP contribution in [0.3, 0.4) is 0 Å². The van der Waals surface area contributed by atoms with Gasteiger partial charge in [0.1, 0.15) is 11.5 Å². The number of rotatable bonds is 6. The molecule has 0 amide bonds. The van der Waals surface area contributed by atoms with Crippen molar-refractivity contribution >= 4 is 11.4 Å². The summed E-state index contributed by atoms with van der Waals surface area (Å²) in [6.07, 6.45) is 6.95. The Labute approximate surface area is 189 Å². The van der Waals surface area contributed by atoms with E-state index < -0.39 is 0 Å². The molecule has 2 aliphatic heterocycles. The molecule has 0 saturated heterocycles. The smallest absolute Gasteiger partial charge is 0.127 e. The Balaban J connectivity index is 1.60. The second-order valence-corrected chi connectivity index (χ2v) is 10.3. The van der Waals surface area contributed by atoms with Gasteiger partial charge in [-0.1, -0.05) is 27.7 Å². The highest BCUT2D eigenvalue weighted by molar-refractivity contribution is 5.62. The van der Waals surface area contributed by atoms with E-state index in [1.165, 1.54) is 35.3 Å². The molecule has 2 aromatic carbocycles. The summed E-state index contributed by atoms with van der Waals surface area (Å²) in [6, 6.07) is 13.2. The quantitative estimate of drug-likeness (QED) is 0.492. The first-order valence-corrected chi connectivity index (χ1v) is 12.3. The summed E-state index contributed by atoms with van der Waals surface area (Å²) in [5.74, 6) is 3.03. The first-order chi connectivity index (χ1) is 14.8. The second kappa shape index (κ2) is 8.41. The number of anilines is 2. The molecule has 3 heteroatoms. The van der Waals surface area contributed by atoms with E-state index in [4.69, 9.17) is 4.74 Å². The lowest BCUT2D eigenvalue weighted by molar-refractivity contribution is 0.385. The third kappa shape index (κ3) is 4.29. The Morgan fingerprint density at radius 2 is 1.16 bits per heavy atom. The van der Waals surface area contributed by atoms with Gasteiger partial charge in [-0.05, 0) is 112 Å². The molecule has 2 heterocycles. The van der Waals surface area contributed by atoms with Gasteiger partial charge in [0.2, 0.25) is 0 Å². The predicted octanol–water partition coefficient (Wildman–Crippen LogP) is 8.43. The van der Waals surface area contributed by atoms with E-state index in [1.54, 1.807) is 0 Å². The van der Waals surface area contributed by atoms with Crippen LogP contribution in [0.5, 0.6) is 11.5 Å². The molecule has 31 heavy (non-hydrogen) atoms. The van der Waals surface area contributed by atoms with Gasteiger partial charge >= 0.3 is 0 Å². The molecule has 0 aliphatic carbocycles. The van der Waals surface area contributed by atoms with Crippen LogP contribution < -0.4 is 15.4 Å². The molecule has 4 unspecified atom stereocenters. The van der Waals surface area contributed by atoms with Crippen molar-refractivity contribution in [3.8, 4) is 11.5 Å². The number of hydrogen-bond acceptors (Lipinski definition) is 3. The zero-order valence-corrected chi connectivity index (χ0v) is 20.3. The van der Waals surface area contributed by atoms with Crippen LogP contribution in [0.25, 0.3) is 0 Å². The maximum atomic E-state index is 6.40. The Bertz CT molecular complexity index is 863. The summed E-state index contributed by atoms with van der Waals surface area (Å²) in [5.41, 5.74) is 5.71. The second-order valence-electron chi connectivity index (χ2n) is 10.3. The molecule has 0 aromatic heterocycles. The molecule has 2 N–H and O–H groups in total. The fraction of sp³-hybridized carbons (Fsp3) is 0.571. The zero-order chi connectivity index (χ0) is 22.2. The summed E-state index contributed by atoms with van der Waals surface area (Å²) in [4.78, 5) is 0. The topological polar surface area (TPSA) is 33.3 Å². The van der Waals surface area contributed by atoms with Gasteiger partial charge in [-0.2, -0.15) is 0 Å². The van der Waals surface area contributed by atoms with Crippen molar-refractivity contribution < 1.29 is 4.74 Å². The molecule has 0 spiro atoms. The zero-order valence-electron chi connectivity index (χ0n) is 20.3. The van der Waals surface area contributed by atoms with Crippen molar-refractivity contribution in [3.05, 3.63) is 47.5 Å². The van der Waals surface area contributed by atoms with Gasteiger partial charge in [-0.25, -0.2) is 0 Å². The van der Waals surface area contributed by atoms with Crippen molar-refractivity contribution in [3.63, 3.8) is 0 Å². The Kier molecular flexibility index (Phi) is 5.98. The number of nitrogens with one attached hydrogen (secondary N) is 2. The van der Waals surface area contributed by atoms with E-state index in [9.17, 15) is 0 Å². The van der Waals surface area contributed by atoms with Crippen molar-refractivity contribution in [2.45, 2.75) is 103 Å². The maximum Gasteiger partial charge on any atom is 0.127 e. The van der Waals surface area contributed by atoms with Crippen LogP contribution in [0.15, 0.2) is 36.4 Å². The average Bonchev–Trinajstić information content (AvgIpc) is 2.78. The molecule has 168 valence electrons. The van der Waals surface area contributed by atoms with E-state index in [-0.39, 0.29) is 11.1 Å². The monoisotopic (exact) mass is 420 g/mol. The van der Waals surface area contributed by atoms with Crippen LogP contribution in [0.1, 0.15) is 103 Å². The van der Waals surface area contributed by atoms with Crippen LogP contribution in [0.4, 0.5) is 11.4 Å². The highest BCUT2D eigenvalue weighted by Crippen LogP contribution is 2.45. The Hall–Kier alpha value is -2.16. The average molecular weight is 421 g/mol. The summed E-state index contributed by atoms with van der Waals surface area (Å²) >= 11 is 0. The van der Waals surface area contributed by atoms with Crippen LogP contribution in [0.2, 0.25) is 0 Å². The largest absolute Gasteiger partial charge is 0.457 e. The van der Waals surface area contributed by atoms with Crippen molar-refractivity contribution in [1.29, 1.82) is 0 Å². The fourth-order valence-electron chi connectivity index (χ4n) is 5.50. The number of ether oxygens (including phenoxy) is 1. The lowest BCUT2D eigenvalue weighted by Crippen LogP contribution is -2.39. The Morgan fingerprint density at radius 3 is 1.52 bits per heavy atom. The van der Waals surface area contributed by atoms with Gasteiger partial charge in [0, 0.05) is 22.5 Å². The minimum atomic E-state index is 0.184. The molecule has 4 atom stereocenters. The summed E-state index contributed by atoms with van der Waals surface area (Å²) < 4.78 is 6.40. The third-order valence-electron chi connectivity index (χ3n) is 7.97. The molecule has 4 rings (SSSR count). The predicted molar refractivity (Wildman–Crippen MR) is 133 cm³/mol. The van der Waals surface area contributed by atoms with Gasteiger partial charge in [0.15, 0.2) is 0 Å². The molecule has 0 bridgehead atoms. The summed E-state index contributed by atoms with van der Waals surface area (Å²) in [5, 5.41) is 7.56. The number of benzene rings is 2. The van der Waals surface area contributed by atoms with Crippen LogP contribution >= 0.6 is 0 Å². The summed E-state index contributed by atoms with van der Waals surface area (Å²) in [7, 11) is 0. The van der Waals surface area contributed by atoms with Gasteiger partial charge < -0.3 is 15.4 Å². The van der Waals surface area contributed by atoms with Gasteiger partial charge in [-0.3, -0.25) is 0 Å². The van der Waals surface area contributed by atoms with Crippen molar-refractivity contribution in [2.24, 2.45) is 0 Å². The van der Waals surface area contributed by atoms with E-state index in [1.807, 2.05) is 0 Å². The molecule has 3 nitrogen and oxygen atoms in total. The molecule has 0 fully saturated rings. The van der Waals surface area contributed by atoms with E-state index >= 15 is 0 Å². The minimum absolute atomic E-state index is 0.184. The third-order valence-corrected chi connectivity index (χ3v) is 7.97. The first kappa shape index (κ1) is 22.0. The van der Waals surface area contributed by atoms with Gasteiger partial charge in [-0.15, -0.1) is 0 Å². The number of fused-ring (bicyclic) bond motifs is 2.